The molecule has 0 saturated carbocycles. The lowest BCUT2D eigenvalue weighted by Gasteiger charge is -2.13. The zero-order valence-corrected chi connectivity index (χ0v) is 11.4. The van der Waals surface area contributed by atoms with E-state index in [1.54, 1.807) is 11.3 Å². The maximum Gasteiger partial charge on any atom is 0.323 e. The smallest absolute Gasteiger partial charge is 0.306 e. The Balaban J connectivity index is 1.77. The molecule has 1 unspecified atom stereocenters. The summed E-state index contributed by atoms with van der Waals surface area (Å²) in [6.07, 6.45) is 0. The number of fused-ring (bicyclic) bond motifs is 1. The minimum Gasteiger partial charge on any atom is -0.306 e. The first-order valence-corrected chi connectivity index (χ1v) is 7.13. The molecule has 0 radical (unpaired) electrons. The molecule has 5 heteroatoms. The van der Waals surface area contributed by atoms with Gasteiger partial charge in [0.2, 0.25) is 0 Å². The molecule has 3 N–H and O–H groups in total. The monoisotopic (exact) mass is 273 g/mol. The number of hydrogen-bond donors (Lipinski definition) is 3. The first-order valence-electron chi connectivity index (χ1n) is 6.19. The number of rotatable bonds is 4. The van der Waals surface area contributed by atoms with Crippen LogP contribution in [0.15, 0.2) is 39.8 Å². The number of aromatic nitrogens is 2. The molecule has 3 rings (SSSR count). The molecule has 0 amide bonds. The molecule has 0 fully saturated rings. The lowest BCUT2D eigenvalue weighted by atomic mass is 10.1. The van der Waals surface area contributed by atoms with Gasteiger partial charge in [-0.3, -0.25) is 0 Å². The van der Waals surface area contributed by atoms with Crippen molar-refractivity contribution in [3.63, 3.8) is 0 Å². The van der Waals surface area contributed by atoms with E-state index in [9.17, 15) is 4.79 Å². The van der Waals surface area contributed by atoms with Crippen molar-refractivity contribution in [1.29, 1.82) is 0 Å². The third kappa shape index (κ3) is 2.62. The highest BCUT2D eigenvalue weighted by atomic mass is 32.1. The van der Waals surface area contributed by atoms with Crippen LogP contribution in [0.2, 0.25) is 0 Å². The fraction of sp³-hybridized carbons (Fsp3) is 0.214. The highest BCUT2D eigenvalue weighted by Crippen LogP contribution is 2.17. The summed E-state index contributed by atoms with van der Waals surface area (Å²) < 4.78 is 0. The van der Waals surface area contributed by atoms with E-state index >= 15 is 0 Å². The molecule has 0 aliphatic rings. The van der Waals surface area contributed by atoms with Crippen molar-refractivity contribution < 1.29 is 0 Å². The van der Waals surface area contributed by atoms with Crippen LogP contribution in [0.4, 0.5) is 0 Å². The van der Waals surface area contributed by atoms with E-state index in [1.165, 1.54) is 5.56 Å². The van der Waals surface area contributed by atoms with Crippen LogP contribution in [0.1, 0.15) is 24.1 Å². The van der Waals surface area contributed by atoms with E-state index in [4.69, 9.17) is 0 Å². The van der Waals surface area contributed by atoms with Gasteiger partial charge in [-0.25, -0.2) is 4.79 Å². The first-order chi connectivity index (χ1) is 9.22. The highest BCUT2D eigenvalue weighted by Gasteiger charge is 2.07. The summed E-state index contributed by atoms with van der Waals surface area (Å²) in [6, 6.07) is 8.35. The summed E-state index contributed by atoms with van der Waals surface area (Å²) in [7, 11) is 0. The van der Waals surface area contributed by atoms with E-state index in [1.807, 2.05) is 18.2 Å². The zero-order chi connectivity index (χ0) is 13.2. The van der Waals surface area contributed by atoms with Gasteiger partial charge >= 0.3 is 5.69 Å². The summed E-state index contributed by atoms with van der Waals surface area (Å²) in [5.74, 6) is 0. The third-order valence-electron chi connectivity index (χ3n) is 3.23. The molecule has 4 nitrogen and oxygen atoms in total. The number of benzene rings is 1. The Bertz CT molecular complexity index is 727. The van der Waals surface area contributed by atoms with Crippen LogP contribution < -0.4 is 11.0 Å². The SMILES string of the molecule is CC(NCc1ccsc1)c1ccc2[nH]c(=O)[nH]c2c1. The Morgan fingerprint density at radius 2 is 2.11 bits per heavy atom. The fourth-order valence-electron chi connectivity index (χ4n) is 2.10. The normalized spacial score (nSPS) is 12.9. The topological polar surface area (TPSA) is 60.7 Å². The summed E-state index contributed by atoms with van der Waals surface area (Å²) >= 11 is 1.71. The van der Waals surface area contributed by atoms with Crippen LogP contribution in [0, 0.1) is 0 Å². The van der Waals surface area contributed by atoms with E-state index < -0.39 is 0 Å². The molecule has 98 valence electrons. The maximum absolute atomic E-state index is 11.2. The quantitative estimate of drug-likeness (QED) is 0.684. The summed E-state index contributed by atoms with van der Waals surface area (Å²) in [4.78, 5) is 16.8. The van der Waals surface area contributed by atoms with E-state index in [0.717, 1.165) is 23.1 Å². The van der Waals surface area contributed by atoms with Gasteiger partial charge in [0.1, 0.15) is 0 Å². The third-order valence-corrected chi connectivity index (χ3v) is 3.96. The molecule has 19 heavy (non-hydrogen) atoms. The van der Waals surface area contributed by atoms with Crippen LogP contribution in [0.25, 0.3) is 11.0 Å². The standard InChI is InChI=1S/C14H15N3OS/c1-9(15-7-10-4-5-19-8-10)11-2-3-12-13(6-11)17-14(18)16-12/h2-6,8-9,15H,7H2,1H3,(H2,16,17,18). The van der Waals surface area contributed by atoms with E-state index in [-0.39, 0.29) is 11.7 Å². The predicted molar refractivity (Wildman–Crippen MR) is 78.5 cm³/mol. The molecule has 1 aromatic carbocycles. The van der Waals surface area contributed by atoms with Gasteiger partial charge in [-0.05, 0) is 47.0 Å². The van der Waals surface area contributed by atoms with E-state index in [2.05, 4.69) is 39.0 Å². The minimum absolute atomic E-state index is 0.161. The molecule has 0 spiro atoms. The van der Waals surface area contributed by atoms with Crippen molar-refractivity contribution in [3.8, 4) is 0 Å². The van der Waals surface area contributed by atoms with Crippen molar-refractivity contribution >= 4 is 22.4 Å². The molecular formula is C14H15N3OS. The van der Waals surface area contributed by atoms with Gasteiger partial charge in [-0.2, -0.15) is 11.3 Å². The van der Waals surface area contributed by atoms with Crippen molar-refractivity contribution in [1.82, 2.24) is 15.3 Å². The first kappa shape index (κ1) is 12.2. The molecule has 3 aromatic rings. The molecular weight excluding hydrogens is 258 g/mol. The second-order valence-electron chi connectivity index (χ2n) is 4.62. The largest absolute Gasteiger partial charge is 0.323 e. The second kappa shape index (κ2) is 5.03. The Hall–Kier alpha value is -1.85. The van der Waals surface area contributed by atoms with Crippen molar-refractivity contribution in [2.45, 2.75) is 19.5 Å². The van der Waals surface area contributed by atoms with Gasteiger partial charge < -0.3 is 15.3 Å². The number of H-pyrrole nitrogens is 2. The van der Waals surface area contributed by atoms with Gasteiger partial charge in [-0.1, -0.05) is 6.07 Å². The summed E-state index contributed by atoms with van der Waals surface area (Å²) in [5.41, 5.74) is 4.00. The van der Waals surface area contributed by atoms with Gasteiger partial charge in [0, 0.05) is 12.6 Å². The van der Waals surface area contributed by atoms with Crippen molar-refractivity contribution in [3.05, 3.63) is 56.6 Å². The Morgan fingerprint density at radius 3 is 2.89 bits per heavy atom. The van der Waals surface area contributed by atoms with E-state index in [0.29, 0.717) is 0 Å². The maximum atomic E-state index is 11.2. The number of imidazole rings is 1. The summed E-state index contributed by atoms with van der Waals surface area (Å²) in [5, 5.41) is 7.70. The number of aromatic amines is 2. The molecule has 0 saturated heterocycles. The number of hydrogen-bond acceptors (Lipinski definition) is 3. The van der Waals surface area contributed by atoms with Crippen LogP contribution >= 0.6 is 11.3 Å². The minimum atomic E-state index is -0.161. The van der Waals surface area contributed by atoms with Crippen LogP contribution in [-0.2, 0) is 6.54 Å². The second-order valence-corrected chi connectivity index (χ2v) is 5.40. The predicted octanol–water partition coefficient (Wildman–Crippen LogP) is 2.77. The van der Waals surface area contributed by atoms with Crippen LogP contribution in [0.3, 0.4) is 0 Å². The molecule has 2 heterocycles. The lowest BCUT2D eigenvalue weighted by molar-refractivity contribution is 0.576. The Kier molecular flexibility index (Phi) is 3.23. The molecule has 0 bridgehead atoms. The van der Waals surface area contributed by atoms with Gasteiger partial charge in [-0.15, -0.1) is 0 Å². The fourth-order valence-corrected chi connectivity index (χ4v) is 2.77. The van der Waals surface area contributed by atoms with Gasteiger partial charge in [0.05, 0.1) is 11.0 Å². The van der Waals surface area contributed by atoms with Crippen LogP contribution in [0.5, 0.6) is 0 Å². The molecule has 2 aromatic heterocycles. The molecule has 1 atom stereocenters. The van der Waals surface area contributed by atoms with Crippen molar-refractivity contribution in [2.24, 2.45) is 0 Å². The molecule has 0 aliphatic carbocycles. The highest BCUT2D eigenvalue weighted by molar-refractivity contribution is 7.07. The number of thiophene rings is 1. The molecule has 0 aliphatic heterocycles. The van der Waals surface area contributed by atoms with Gasteiger partial charge in [0.15, 0.2) is 0 Å². The lowest BCUT2D eigenvalue weighted by Crippen LogP contribution is -2.17. The number of nitrogens with one attached hydrogen (secondary N) is 3. The average molecular weight is 273 g/mol. The summed E-state index contributed by atoms with van der Waals surface area (Å²) in [6.45, 7) is 2.98. The van der Waals surface area contributed by atoms with Crippen molar-refractivity contribution in [2.75, 3.05) is 0 Å². The van der Waals surface area contributed by atoms with Gasteiger partial charge in [0.25, 0.3) is 0 Å². The van der Waals surface area contributed by atoms with Crippen LogP contribution in [-0.4, -0.2) is 9.97 Å². The zero-order valence-electron chi connectivity index (χ0n) is 10.6. The Labute approximate surface area is 114 Å². The average Bonchev–Trinajstić information content (AvgIpc) is 3.02. The Morgan fingerprint density at radius 1 is 1.26 bits per heavy atom.